The summed E-state index contributed by atoms with van der Waals surface area (Å²) in [5.74, 6) is 0. The number of hydrogen-bond donors (Lipinski definition) is 0. The lowest BCUT2D eigenvalue weighted by atomic mass is 9.73. The summed E-state index contributed by atoms with van der Waals surface area (Å²) in [4.78, 5) is 0. The highest BCUT2D eigenvalue weighted by molar-refractivity contribution is 6.84. The zero-order chi connectivity index (χ0) is 24.0. The predicted molar refractivity (Wildman–Crippen MR) is 130 cm³/mol. The molecule has 0 radical (unpaired) electrons. The maximum Gasteiger partial charge on any atom is 0.494 e. The van der Waals surface area contributed by atoms with Crippen molar-refractivity contribution in [1.29, 1.82) is 0 Å². The van der Waals surface area contributed by atoms with Gasteiger partial charge in [-0.05, 0) is 56.4 Å². The summed E-state index contributed by atoms with van der Waals surface area (Å²) in [6.45, 7) is 21.4. The van der Waals surface area contributed by atoms with Gasteiger partial charge in [0.25, 0.3) is 0 Å². The summed E-state index contributed by atoms with van der Waals surface area (Å²) < 4.78 is 52.2. The summed E-state index contributed by atoms with van der Waals surface area (Å²) in [7, 11) is -4.02. The van der Waals surface area contributed by atoms with Crippen LogP contribution in [0.4, 0.5) is 13.2 Å². The average Bonchev–Trinajstić information content (AvgIpc) is 2.76. The number of alkyl halides is 3. The monoisotopic (exact) mass is 468 g/mol. The molecule has 1 aromatic rings. The molecule has 2 nitrogen and oxygen atoms in total. The predicted octanol–water partition coefficient (Wildman–Crippen LogP) is 7.40. The van der Waals surface area contributed by atoms with Gasteiger partial charge in [-0.15, -0.1) is 0 Å². The maximum absolute atomic E-state index is 13.1. The molecule has 1 heterocycles. The van der Waals surface area contributed by atoms with E-state index in [1.54, 1.807) is 12.1 Å². The molecule has 1 aromatic carbocycles. The molecule has 0 aliphatic carbocycles. The molecule has 2 rings (SSSR count). The first-order valence-corrected chi connectivity index (χ1v) is 17.9. The van der Waals surface area contributed by atoms with Crippen molar-refractivity contribution in [3.63, 3.8) is 0 Å². The third-order valence-electron chi connectivity index (χ3n) is 5.51. The van der Waals surface area contributed by atoms with E-state index in [9.17, 15) is 13.2 Å². The lowest BCUT2D eigenvalue weighted by Gasteiger charge is -2.32. The van der Waals surface area contributed by atoms with Crippen molar-refractivity contribution in [2.24, 2.45) is 0 Å². The van der Waals surface area contributed by atoms with Crippen molar-refractivity contribution >= 4 is 28.8 Å². The number of halogens is 3. The van der Waals surface area contributed by atoms with Crippen molar-refractivity contribution in [2.45, 2.75) is 84.4 Å². The van der Waals surface area contributed by atoms with Crippen molar-refractivity contribution < 1.29 is 22.5 Å². The summed E-state index contributed by atoms with van der Waals surface area (Å²) in [6, 6.07) is 5.45. The Labute approximate surface area is 188 Å². The van der Waals surface area contributed by atoms with Gasteiger partial charge in [-0.3, -0.25) is 0 Å². The first-order chi connectivity index (χ1) is 13.7. The summed E-state index contributed by atoms with van der Waals surface area (Å²) in [5, 5.41) is 0. The molecule has 0 aromatic heterocycles. The molecular formula is C23H36BF3O2Si2. The minimum absolute atomic E-state index is 0.499. The Hall–Kier alpha value is -1.09. The Morgan fingerprint density at radius 3 is 1.58 bits per heavy atom. The molecule has 0 spiro atoms. The SMILES string of the molecule is CC1(C)OB(C(=C\[Si](C)(C)C)/C(=C/[Si](C)(C)C)c2ccc(C(F)(F)F)cc2)OC1(C)C. The quantitative estimate of drug-likeness (QED) is 0.331. The van der Waals surface area contributed by atoms with E-state index in [-0.39, 0.29) is 0 Å². The van der Waals surface area contributed by atoms with E-state index in [2.05, 4.69) is 50.7 Å². The van der Waals surface area contributed by atoms with Crippen LogP contribution in [0.1, 0.15) is 38.8 Å². The Balaban J connectivity index is 2.68. The smallest absolute Gasteiger partial charge is 0.399 e. The van der Waals surface area contributed by atoms with Gasteiger partial charge in [-0.1, -0.05) is 62.8 Å². The first kappa shape index (κ1) is 26.2. The second kappa shape index (κ2) is 8.36. The van der Waals surface area contributed by atoms with Crippen molar-refractivity contribution in [3.05, 3.63) is 52.3 Å². The minimum atomic E-state index is -4.36. The van der Waals surface area contributed by atoms with Gasteiger partial charge in [0, 0.05) is 0 Å². The van der Waals surface area contributed by atoms with Crippen molar-refractivity contribution in [2.75, 3.05) is 0 Å². The Kier molecular flexibility index (Phi) is 7.05. The first-order valence-electron chi connectivity index (χ1n) is 10.7. The molecule has 0 N–H and O–H groups in total. The van der Waals surface area contributed by atoms with E-state index < -0.39 is 46.2 Å². The summed E-state index contributed by atoms with van der Waals surface area (Å²) in [5.41, 5.74) is 5.48. The van der Waals surface area contributed by atoms with Crippen LogP contribution >= 0.6 is 0 Å². The molecule has 1 aliphatic heterocycles. The molecule has 0 atom stereocenters. The zero-order valence-electron chi connectivity index (χ0n) is 20.5. The lowest BCUT2D eigenvalue weighted by molar-refractivity contribution is -0.137. The molecule has 1 aliphatic rings. The lowest BCUT2D eigenvalue weighted by Crippen LogP contribution is -2.41. The van der Waals surface area contributed by atoms with Crippen LogP contribution in [-0.2, 0) is 15.5 Å². The van der Waals surface area contributed by atoms with Gasteiger partial charge in [0.1, 0.15) is 0 Å². The second-order valence-corrected chi connectivity index (χ2v) is 21.6. The normalized spacial score (nSPS) is 20.4. The summed E-state index contributed by atoms with van der Waals surface area (Å²) >= 11 is 0. The Bertz CT molecular complexity index is 843. The molecular weight excluding hydrogens is 432 g/mol. The second-order valence-electron chi connectivity index (χ2n) is 11.6. The van der Waals surface area contributed by atoms with Crippen molar-refractivity contribution in [1.82, 2.24) is 0 Å². The van der Waals surface area contributed by atoms with Crippen LogP contribution in [0.2, 0.25) is 39.3 Å². The highest BCUT2D eigenvalue weighted by Crippen LogP contribution is 2.42. The van der Waals surface area contributed by atoms with Gasteiger partial charge in [0.2, 0.25) is 0 Å². The molecule has 0 unspecified atom stereocenters. The van der Waals surface area contributed by atoms with Crippen LogP contribution in [-0.4, -0.2) is 34.5 Å². The van der Waals surface area contributed by atoms with Crippen LogP contribution < -0.4 is 0 Å². The van der Waals surface area contributed by atoms with Gasteiger partial charge in [-0.25, -0.2) is 0 Å². The fraction of sp³-hybridized carbons (Fsp3) is 0.565. The Morgan fingerprint density at radius 2 is 1.23 bits per heavy atom. The highest BCUT2D eigenvalue weighted by atomic mass is 28.3. The molecule has 0 amide bonds. The van der Waals surface area contributed by atoms with E-state index in [0.717, 1.165) is 28.7 Å². The van der Waals surface area contributed by atoms with Gasteiger partial charge in [-0.2, -0.15) is 13.2 Å². The molecule has 0 bridgehead atoms. The van der Waals surface area contributed by atoms with Crippen LogP contribution in [0, 0.1) is 0 Å². The summed E-state index contributed by atoms with van der Waals surface area (Å²) in [6.07, 6.45) is -4.36. The maximum atomic E-state index is 13.1. The van der Waals surface area contributed by atoms with Gasteiger partial charge >= 0.3 is 13.3 Å². The largest absolute Gasteiger partial charge is 0.494 e. The van der Waals surface area contributed by atoms with E-state index in [1.165, 1.54) is 0 Å². The van der Waals surface area contributed by atoms with Crippen LogP contribution in [0.5, 0.6) is 0 Å². The standard InChI is InChI=1S/C23H36BF3O2Si2/c1-21(2)22(3,4)29-24(28-21)20(16-31(8,9)10)19(15-30(5,6)7)17-11-13-18(14-12-17)23(25,26)27/h11-16H,1-10H3/b19-15+,20-16-. The van der Waals surface area contributed by atoms with E-state index in [4.69, 9.17) is 9.31 Å². The topological polar surface area (TPSA) is 18.5 Å². The van der Waals surface area contributed by atoms with Crippen molar-refractivity contribution in [3.8, 4) is 0 Å². The molecule has 8 heteroatoms. The van der Waals surface area contributed by atoms with Gasteiger partial charge in [0.15, 0.2) is 0 Å². The van der Waals surface area contributed by atoms with Gasteiger partial charge < -0.3 is 9.31 Å². The van der Waals surface area contributed by atoms with Crippen LogP contribution in [0.25, 0.3) is 5.57 Å². The third-order valence-corrected chi connectivity index (χ3v) is 7.84. The van der Waals surface area contributed by atoms with E-state index in [1.807, 2.05) is 27.7 Å². The Morgan fingerprint density at radius 1 is 0.806 bits per heavy atom. The average molecular weight is 469 g/mol. The number of allylic oxidation sites excluding steroid dienone is 2. The number of rotatable bonds is 5. The zero-order valence-corrected chi connectivity index (χ0v) is 22.5. The molecule has 172 valence electrons. The molecule has 1 saturated heterocycles. The fourth-order valence-electron chi connectivity index (χ4n) is 3.31. The minimum Gasteiger partial charge on any atom is -0.399 e. The van der Waals surface area contributed by atoms with E-state index in [0.29, 0.717) is 0 Å². The molecule has 1 fully saturated rings. The highest BCUT2D eigenvalue weighted by Gasteiger charge is 2.53. The third kappa shape index (κ3) is 6.70. The molecule has 31 heavy (non-hydrogen) atoms. The van der Waals surface area contributed by atoms with Gasteiger partial charge in [0.05, 0.1) is 32.9 Å². The fourth-order valence-corrected chi connectivity index (χ4v) is 5.74. The van der Waals surface area contributed by atoms with Crippen LogP contribution in [0.15, 0.2) is 41.1 Å². The number of hydrogen-bond acceptors (Lipinski definition) is 2. The van der Waals surface area contributed by atoms with Crippen LogP contribution in [0.3, 0.4) is 0 Å². The number of benzene rings is 1. The van der Waals surface area contributed by atoms with E-state index >= 15 is 0 Å². The molecule has 0 saturated carbocycles.